The molecule has 1 aromatic carbocycles. The Kier molecular flexibility index (Phi) is 3.32. The monoisotopic (exact) mass is 229 g/mol. The summed E-state index contributed by atoms with van der Waals surface area (Å²) in [7, 11) is 0. The first-order valence-electron chi connectivity index (χ1n) is 4.93. The summed E-state index contributed by atoms with van der Waals surface area (Å²) in [6, 6.07) is 5.81. The molecule has 1 aliphatic rings. The van der Waals surface area contributed by atoms with Gasteiger partial charge >= 0.3 is 0 Å². The van der Waals surface area contributed by atoms with Crippen molar-refractivity contribution in [3.8, 4) is 0 Å². The van der Waals surface area contributed by atoms with Crippen molar-refractivity contribution >= 4 is 23.2 Å². The van der Waals surface area contributed by atoms with E-state index in [2.05, 4.69) is 11.4 Å². The Morgan fingerprint density at radius 3 is 2.50 bits per heavy atom. The van der Waals surface area contributed by atoms with E-state index in [1.54, 1.807) is 0 Å². The molecule has 3 heteroatoms. The van der Waals surface area contributed by atoms with E-state index in [1.807, 2.05) is 12.1 Å². The molecule has 1 nitrogen and oxygen atoms in total. The molecular weight excluding hydrogens is 217 g/mol. The number of piperidine rings is 1. The minimum absolute atomic E-state index is 0.598. The Labute approximate surface area is 94.4 Å². The third-order valence-electron chi connectivity index (χ3n) is 2.74. The van der Waals surface area contributed by atoms with Crippen LogP contribution in [0.15, 0.2) is 18.2 Å². The first-order valence-corrected chi connectivity index (χ1v) is 5.68. The van der Waals surface area contributed by atoms with Gasteiger partial charge in [0.15, 0.2) is 0 Å². The van der Waals surface area contributed by atoms with Gasteiger partial charge in [0.2, 0.25) is 0 Å². The van der Waals surface area contributed by atoms with Crippen LogP contribution in [0.4, 0.5) is 0 Å². The maximum atomic E-state index is 6.16. The summed E-state index contributed by atoms with van der Waals surface area (Å²) in [6.45, 7) is 2.17. The summed E-state index contributed by atoms with van der Waals surface area (Å²) in [5.74, 6) is 0.598. The zero-order chi connectivity index (χ0) is 9.97. The van der Waals surface area contributed by atoms with E-state index < -0.39 is 0 Å². The van der Waals surface area contributed by atoms with E-state index in [4.69, 9.17) is 23.2 Å². The molecule has 0 radical (unpaired) electrons. The highest BCUT2D eigenvalue weighted by molar-refractivity contribution is 6.35. The molecule has 1 N–H and O–H groups in total. The Bertz CT molecular complexity index is 319. The zero-order valence-electron chi connectivity index (χ0n) is 7.89. The number of hydrogen-bond donors (Lipinski definition) is 1. The second-order valence-electron chi connectivity index (χ2n) is 3.69. The van der Waals surface area contributed by atoms with Gasteiger partial charge in [0, 0.05) is 10.0 Å². The van der Waals surface area contributed by atoms with Crippen LogP contribution in [0.3, 0.4) is 0 Å². The Morgan fingerprint density at radius 2 is 1.86 bits per heavy atom. The van der Waals surface area contributed by atoms with Gasteiger partial charge in [-0.2, -0.15) is 0 Å². The fraction of sp³-hybridized carbons (Fsp3) is 0.455. The Balaban J connectivity index is 2.22. The standard InChI is InChI=1S/C11H13Cl2N/c12-9-1-2-10(11(13)7-9)8-3-5-14-6-4-8/h1-2,7-8,14H,3-6H2. The van der Waals surface area contributed by atoms with Crippen LogP contribution in [0.2, 0.25) is 10.0 Å². The zero-order valence-corrected chi connectivity index (χ0v) is 9.41. The van der Waals surface area contributed by atoms with Gasteiger partial charge < -0.3 is 5.32 Å². The second kappa shape index (κ2) is 4.52. The lowest BCUT2D eigenvalue weighted by Crippen LogP contribution is -2.26. The van der Waals surface area contributed by atoms with Crippen molar-refractivity contribution in [2.24, 2.45) is 0 Å². The molecule has 0 saturated carbocycles. The third kappa shape index (κ3) is 2.22. The van der Waals surface area contributed by atoms with Crippen LogP contribution in [0.1, 0.15) is 24.3 Å². The van der Waals surface area contributed by atoms with E-state index in [9.17, 15) is 0 Å². The van der Waals surface area contributed by atoms with Crippen LogP contribution in [0.5, 0.6) is 0 Å². The molecule has 2 rings (SSSR count). The van der Waals surface area contributed by atoms with E-state index in [-0.39, 0.29) is 0 Å². The highest BCUT2D eigenvalue weighted by atomic mass is 35.5. The van der Waals surface area contributed by atoms with Crippen LogP contribution in [0, 0.1) is 0 Å². The lowest BCUT2D eigenvalue weighted by atomic mass is 9.90. The molecule has 0 atom stereocenters. The molecule has 1 saturated heterocycles. The van der Waals surface area contributed by atoms with Gasteiger partial charge in [0.25, 0.3) is 0 Å². The van der Waals surface area contributed by atoms with Crippen molar-refractivity contribution in [3.63, 3.8) is 0 Å². The predicted octanol–water partition coefficient (Wildman–Crippen LogP) is 3.46. The average molecular weight is 230 g/mol. The third-order valence-corrected chi connectivity index (χ3v) is 3.30. The summed E-state index contributed by atoms with van der Waals surface area (Å²) in [5.41, 5.74) is 1.25. The molecule has 0 aromatic heterocycles. The second-order valence-corrected chi connectivity index (χ2v) is 4.53. The van der Waals surface area contributed by atoms with Gasteiger partial charge in [-0.1, -0.05) is 29.3 Å². The Morgan fingerprint density at radius 1 is 1.14 bits per heavy atom. The molecule has 0 bridgehead atoms. The maximum Gasteiger partial charge on any atom is 0.0455 e. The molecular formula is C11H13Cl2N. The molecule has 1 aliphatic heterocycles. The molecule has 1 heterocycles. The highest BCUT2D eigenvalue weighted by Crippen LogP contribution is 2.32. The van der Waals surface area contributed by atoms with E-state index in [0.717, 1.165) is 18.1 Å². The minimum atomic E-state index is 0.598. The van der Waals surface area contributed by atoms with Crippen LogP contribution >= 0.6 is 23.2 Å². The number of benzene rings is 1. The number of rotatable bonds is 1. The lowest BCUT2D eigenvalue weighted by molar-refractivity contribution is 0.460. The van der Waals surface area contributed by atoms with Gasteiger partial charge in [-0.05, 0) is 49.5 Å². The number of halogens is 2. The Hall–Kier alpha value is -0.240. The quantitative estimate of drug-likeness (QED) is 0.778. The van der Waals surface area contributed by atoms with Gasteiger partial charge in [-0.25, -0.2) is 0 Å². The molecule has 1 aromatic rings. The molecule has 0 amide bonds. The van der Waals surface area contributed by atoms with Gasteiger partial charge in [0.1, 0.15) is 0 Å². The number of nitrogens with one attached hydrogen (secondary N) is 1. The van der Waals surface area contributed by atoms with Crippen molar-refractivity contribution in [1.82, 2.24) is 5.32 Å². The van der Waals surface area contributed by atoms with Crippen LogP contribution < -0.4 is 5.32 Å². The minimum Gasteiger partial charge on any atom is -0.317 e. The molecule has 0 spiro atoms. The van der Waals surface area contributed by atoms with Gasteiger partial charge in [-0.3, -0.25) is 0 Å². The van der Waals surface area contributed by atoms with Gasteiger partial charge in [0.05, 0.1) is 0 Å². The van der Waals surface area contributed by atoms with Crippen LogP contribution in [-0.4, -0.2) is 13.1 Å². The first kappa shape index (κ1) is 10.3. The maximum absolute atomic E-state index is 6.16. The largest absolute Gasteiger partial charge is 0.317 e. The predicted molar refractivity (Wildman–Crippen MR) is 61.3 cm³/mol. The topological polar surface area (TPSA) is 12.0 Å². The normalized spacial score (nSPS) is 18.4. The summed E-state index contributed by atoms with van der Waals surface area (Å²) < 4.78 is 0. The summed E-state index contributed by atoms with van der Waals surface area (Å²) in [5, 5.41) is 4.87. The van der Waals surface area contributed by atoms with Crippen molar-refractivity contribution in [2.75, 3.05) is 13.1 Å². The van der Waals surface area contributed by atoms with Crippen LogP contribution in [0.25, 0.3) is 0 Å². The van der Waals surface area contributed by atoms with Gasteiger partial charge in [-0.15, -0.1) is 0 Å². The molecule has 76 valence electrons. The van der Waals surface area contributed by atoms with Crippen LogP contribution in [-0.2, 0) is 0 Å². The molecule has 0 unspecified atom stereocenters. The smallest absolute Gasteiger partial charge is 0.0455 e. The lowest BCUT2D eigenvalue weighted by Gasteiger charge is -2.23. The fourth-order valence-electron chi connectivity index (χ4n) is 1.97. The molecule has 0 aliphatic carbocycles. The van der Waals surface area contributed by atoms with Crippen molar-refractivity contribution in [1.29, 1.82) is 0 Å². The van der Waals surface area contributed by atoms with Crippen molar-refractivity contribution in [2.45, 2.75) is 18.8 Å². The summed E-state index contributed by atoms with van der Waals surface area (Å²) in [6.07, 6.45) is 2.34. The SMILES string of the molecule is Clc1ccc(C2CCNCC2)c(Cl)c1. The molecule has 1 fully saturated rings. The molecule has 14 heavy (non-hydrogen) atoms. The van der Waals surface area contributed by atoms with Crippen molar-refractivity contribution < 1.29 is 0 Å². The average Bonchev–Trinajstić information content (AvgIpc) is 2.19. The number of hydrogen-bond acceptors (Lipinski definition) is 1. The summed E-state index contributed by atoms with van der Waals surface area (Å²) in [4.78, 5) is 0. The van der Waals surface area contributed by atoms with E-state index >= 15 is 0 Å². The first-order chi connectivity index (χ1) is 6.77. The van der Waals surface area contributed by atoms with E-state index in [0.29, 0.717) is 10.9 Å². The highest BCUT2D eigenvalue weighted by Gasteiger charge is 2.17. The van der Waals surface area contributed by atoms with Crippen molar-refractivity contribution in [3.05, 3.63) is 33.8 Å². The summed E-state index contributed by atoms with van der Waals surface area (Å²) >= 11 is 12.0. The fourth-order valence-corrected chi connectivity index (χ4v) is 2.53. The van der Waals surface area contributed by atoms with E-state index in [1.165, 1.54) is 18.4 Å².